The average molecular weight is 436 g/mol. The topological polar surface area (TPSA) is 112 Å². The molecule has 154 valence electrons. The van der Waals surface area contributed by atoms with Crippen LogP contribution in [-0.2, 0) is 24.7 Å². The fourth-order valence-electron chi connectivity index (χ4n) is 2.01. The van der Waals surface area contributed by atoms with Crippen molar-refractivity contribution in [2.75, 3.05) is 32.1 Å². The summed E-state index contributed by atoms with van der Waals surface area (Å²) in [5, 5.41) is -4.82. The number of hydrogen-bond acceptors (Lipinski definition) is 6. The highest BCUT2D eigenvalue weighted by Gasteiger charge is 2.82. The number of halogens is 6. The molecule has 1 aliphatic rings. The van der Waals surface area contributed by atoms with Gasteiger partial charge in [-0.1, -0.05) is 0 Å². The molecule has 16 heteroatoms. The summed E-state index contributed by atoms with van der Waals surface area (Å²) >= 11 is 0. The molecule has 0 radical (unpaired) electrons. The third kappa shape index (κ3) is 3.27. The molecule has 1 N–H and O–H groups in total. The number of hydrogen-bond donors (Lipinski definition) is 1. The van der Waals surface area contributed by atoms with Gasteiger partial charge in [-0.2, -0.15) is 30.6 Å². The van der Waals surface area contributed by atoms with Crippen LogP contribution in [0.25, 0.3) is 0 Å². The number of alkyl halides is 6. The lowest BCUT2D eigenvalue weighted by molar-refractivity contribution is -0.245. The number of nitrogens with zero attached hydrogens (tertiary/aromatic N) is 2. The Balaban J connectivity index is 3.28. The largest absolute Gasteiger partial charge is 0.428 e. The molecule has 8 nitrogen and oxygen atoms in total. The summed E-state index contributed by atoms with van der Waals surface area (Å²) in [6.07, 6.45) is 0. The summed E-state index contributed by atoms with van der Waals surface area (Å²) in [5.74, 6) is -10.0. The van der Waals surface area contributed by atoms with Gasteiger partial charge < -0.3 is 10.0 Å². The molecule has 0 unspecified atom stereocenters. The van der Waals surface area contributed by atoms with Crippen molar-refractivity contribution < 1.29 is 53.1 Å². The van der Waals surface area contributed by atoms with E-state index < -0.39 is 74.3 Å². The molecule has 0 spiro atoms. The van der Waals surface area contributed by atoms with E-state index in [0.29, 0.717) is 0 Å². The van der Waals surface area contributed by atoms with Gasteiger partial charge in [-0.05, 0) is 0 Å². The van der Waals surface area contributed by atoms with Crippen LogP contribution >= 0.6 is 0 Å². The van der Waals surface area contributed by atoms with E-state index in [2.05, 4.69) is 0 Å². The number of rotatable bonds is 6. The Labute approximate surface area is 144 Å². The van der Waals surface area contributed by atoms with Crippen LogP contribution < -0.4 is 0 Å². The van der Waals surface area contributed by atoms with Crippen molar-refractivity contribution >= 4 is 25.8 Å². The molecule has 0 aromatic heterocycles. The van der Waals surface area contributed by atoms with Gasteiger partial charge in [0.2, 0.25) is 15.7 Å². The lowest BCUT2D eigenvalue weighted by Gasteiger charge is -2.38. The highest BCUT2D eigenvalue weighted by molar-refractivity contribution is 7.92. The van der Waals surface area contributed by atoms with Crippen molar-refractivity contribution in [1.29, 1.82) is 0 Å². The minimum Gasteiger partial charge on any atom is -0.380 e. The van der Waals surface area contributed by atoms with Gasteiger partial charge in [0.15, 0.2) is 5.94 Å². The lowest BCUT2D eigenvalue weighted by atomic mass is 10.3. The molecule has 1 aliphatic heterocycles. The minimum atomic E-state index is -6.88. The van der Waals surface area contributed by atoms with Crippen molar-refractivity contribution in [3.8, 4) is 0 Å². The smallest absolute Gasteiger partial charge is 0.380 e. The van der Waals surface area contributed by atoms with Crippen LogP contribution in [-0.4, -0.2) is 85.6 Å². The third-order valence-corrected chi connectivity index (χ3v) is 6.97. The molecule has 0 aliphatic carbocycles. The van der Waals surface area contributed by atoms with Gasteiger partial charge in [-0.25, -0.2) is 16.8 Å². The van der Waals surface area contributed by atoms with Gasteiger partial charge in [0.1, 0.15) is 0 Å². The highest BCUT2D eigenvalue weighted by Crippen LogP contribution is 2.51. The van der Waals surface area contributed by atoms with E-state index in [-0.39, 0.29) is 4.31 Å². The summed E-state index contributed by atoms with van der Waals surface area (Å²) in [7, 11) is -12.9. The van der Waals surface area contributed by atoms with Gasteiger partial charge in [0.25, 0.3) is 10.0 Å². The Morgan fingerprint density at radius 3 is 1.69 bits per heavy atom. The van der Waals surface area contributed by atoms with Gasteiger partial charge in [-0.3, -0.25) is 4.79 Å². The van der Waals surface area contributed by atoms with Gasteiger partial charge >= 0.3 is 16.4 Å². The number of sulfonamides is 1. The van der Waals surface area contributed by atoms with Crippen LogP contribution in [0.4, 0.5) is 26.3 Å². The molecule has 1 rings (SSSR count). The number of piperazine rings is 1. The van der Waals surface area contributed by atoms with E-state index in [0.717, 1.165) is 11.8 Å². The van der Waals surface area contributed by atoms with Crippen LogP contribution in [0.5, 0.6) is 0 Å². The maximum atomic E-state index is 13.9. The Bertz CT molecular complexity index is 761. The molecule has 1 heterocycles. The average Bonchev–Trinajstić information content (AvgIpc) is 2.54. The fourth-order valence-corrected chi connectivity index (χ4v) is 4.18. The first-order valence-electron chi connectivity index (χ1n) is 6.69. The monoisotopic (exact) mass is 436 g/mol. The second-order valence-electron chi connectivity index (χ2n) is 5.26. The summed E-state index contributed by atoms with van der Waals surface area (Å²) in [6.45, 7) is -1.60. The predicted molar refractivity (Wildman–Crippen MR) is 73.6 cm³/mol. The van der Waals surface area contributed by atoms with Crippen LogP contribution in [0.3, 0.4) is 0 Å². The highest BCUT2D eigenvalue weighted by atomic mass is 32.2. The number of aliphatic hydroxyl groups excluding tert-OH is 1. The normalized spacial score (nSPS) is 18.8. The van der Waals surface area contributed by atoms with Gasteiger partial charge in [0.05, 0.1) is 0 Å². The molecule has 0 atom stereocenters. The maximum Gasteiger partial charge on any atom is 0.428 e. The lowest BCUT2D eigenvalue weighted by Crippen LogP contribution is -2.65. The van der Waals surface area contributed by atoms with Crippen molar-refractivity contribution in [3.63, 3.8) is 0 Å². The maximum absolute atomic E-state index is 13.9. The molecule has 1 fully saturated rings. The van der Waals surface area contributed by atoms with E-state index in [1.807, 2.05) is 0 Å². The van der Waals surface area contributed by atoms with Crippen LogP contribution in [0.1, 0.15) is 6.92 Å². The number of sulfone groups is 1. The molecule has 0 aromatic rings. The predicted octanol–water partition coefficient (Wildman–Crippen LogP) is -0.334. The zero-order chi connectivity index (χ0) is 20.8. The first-order valence-corrected chi connectivity index (χ1v) is 9.78. The molecule has 1 saturated heterocycles. The summed E-state index contributed by atoms with van der Waals surface area (Å²) < 4.78 is 127. The van der Waals surface area contributed by atoms with E-state index >= 15 is 0 Å². The molecular formula is C10H14F6N2O6S2. The van der Waals surface area contributed by atoms with Gasteiger partial charge in [-0.15, -0.1) is 0 Å². The molecular weight excluding hydrogens is 422 g/mol. The third-order valence-electron chi connectivity index (χ3n) is 3.64. The van der Waals surface area contributed by atoms with Crippen LogP contribution in [0.2, 0.25) is 0 Å². The summed E-state index contributed by atoms with van der Waals surface area (Å²) in [4.78, 5) is 12.1. The van der Waals surface area contributed by atoms with Crippen molar-refractivity contribution in [2.45, 2.75) is 23.4 Å². The van der Waals surface area contributed by atoms with E-state index in [4.69, 9.17) is 5.11 Å². The SMILES string of the molecule is CC(=O)N1CCN(S(=O)(=O)C(F)(F)C(F)(F)C(F)(F)S(=O)(=O)CO)CC1. The van der Waals surface area contributed by atoms with Crippen molar-refractivity contribution in [1.82, 2.24) is 9.21 Å². The quantitative estimate of drug-likeness (QED) is 0.571. The Morgan fingerprint density at radius 2 is 1.35 bits per heavy atom. The van der Waals surface area contributed by atoms with E-state index in [1.54, 1.807) is 0 Å². The minimum absolute atomic E-state index is 0.234. The molecule has 26 heavy (non-hydrogen) atoms. The van der Waals surface area contributed by atoms with E-state index in [9.17, 15) is 48.0 Å². The number of carbonyl (C=O) groups is 1. The fraction of sp³-hybridized carbons (Fsp3) is 0.900. The molecule has 0 bridgehead atoms. The first kappa shape index (κ1) is 22.9. The van der Waals surface area contributed by atoms with Crippen molar-refractivity contribution in [2.24, 2.45) is 0 Å². The van der Waals surface area contributed by atoms with Crippen LogP contribution in [0.15, 0.2) is 0 Å². The summed E-state index contributed by atoms with van der Waals surface area (Å²) in [5.41, 5.74) is 0. The van der Waals surface area contributed by atoms with Crippen LogP contribution in [0, 0.1) is 0 Å². The van der Waals surface area contributed by atoms with Gasteiger partial charge in [0, 0.05) is 33.1 Å². The Hall–Kier alpha value is -1.13. The first-order chi connectivity index (χ1) is 11.5. The zero-order valence-electron chi connectivity index (χ0n) is 13.0. The Kier molecular flexibility index (Phi) is 5.99. The Morgan fingerprint density at radius 1 is 0.923 bits per heavy atom. The number of aliphatic hydroxyl groups is 1. The standard InChI is InChI=1S/C10H14F6N2O6S2/c1-7(20)17-2-4-18(5-3-17)26(23,24)10(15,16)8(11,12)9(13,14)25(21,22)6-19/h19H,2-6H2,1H3. The second kappa shape index (κ2) is 6.79. The number of carbonyl (C=O) groups excluding carboxylic acids is 1. The summed E-state index contributed by atoms with van der Waals surface area (Å²) in [6, 6.07) is 0. The van der Waals surface area contributed by atoms with Crippen molar-refractivity contribution in [3.05, 3.63) is 0 Å². The molecule has 1 amide bonds. The second-order valence-corrected chi connectivity index (χ2v) is 9.24. The van der Waals surface area contributed by atoms with E-state index in [1.165, 1.54) is 0 Å². The molecule has 0 saturated carbocycles. The molecule has 0 aromatic carbocycles. The zero-order valence-corrected chi connectivity index (χ0v) is 14.6. The number of amides is 1.